The quantitative estimate of drug-likeness (QED) is 0.233. The minimum atomic E-state index is -0.673. The van der Waals surface area contributed by atoms with Gasteiger partial charge >= 0.3 is 5.97 Å². The standard InChI is InChI=1S/C35H49ClN4O3.C7H14O2/c1-6-26-22-27-11-9-10-12-28(27)23-30(26)33(41)37-31(21-25-13-15-29(36)16-14-25)34(42)40-19-17-39(18-20-40)32(24(4)5)35(43)38(7-2)8-3;1-5-7(3,4)9-6(2)8/h9-16,24,26,30-32H,6-8,17-23H2,1-5H3,(H,37,41);5H2,1-4H3. The van der Waals surface area contributed by atoms with Gasteiger partial charge in [0.25, 0.3) is 0 Å². The van der Waals surface area contributed by atoms with Crippen molar-refractivity contribution in [2.45, 2.75) is 112 Å². The molecule has 2 aliphatic rings. The maximum absolute atomic E-state index is 14.1. The Bertz CT molecular complexity index is 1470. The molecule has 10 heteroatoms. The number of hydrogen-bond donors (Lipinski definition) is 1. The summed E-state index contributed by atoms with van der Waals surface area (Å²) in [4.78, 5) is 57.7. The highest BCUT2D eigenvalue weighted by molar-refractivity contribution is 6.30. The molecule has 52 heavy (non-hydrogen) atoms. The number of halogens is 1. The number of esters is 1. The van der Waals surface area contributed by atoms with Crippen molar-refractivity contribution >= 4 is 35.3 Å². The molecule has 288 valence electrons. The molecule has 9 nitrogen and oxygen atoms in total. The van der Waals surface area contributed by atoms with Crippen molar-refractivity contribution < 1.29 is 23.9 Å². The molecule has 0 aromatic heterocycles. The number of piperazine rings is 1. The predicted molar refractivity (Wildman–Crippen MR) is 209 cm³/mol. The van der Waals surface area contributed by atoms with Gasteiger partial charge in [0.2, 0.25) is 17.7 Å². The van der Waals surface area contributed by atoms with Crippen LogP contribution in [0, 0.1) is 17.8 Å². The fourth-order valence-corrected chi connectivity index (χ4v) is 7.47. The predicted octanol–water partition coefficient (Wildman–Crippen LogP) is 6.58. The van der Waals surface area contributed by atoms with Crippen molar-refractivity contribution in [3.05, 3.63) is 70.2 Å². The topological polar surface area (TPSA) is 99.3 Å². The Morgan fingerprint density at radius 1 is 0.904 bits per heavy atom. The molecule has 0 radical (unpaired) electrons. The van der Waals surface area contributed by atoms with Crippen LogP contribution < -0.4 is 5.32 Å². The normalized spacial score (nSPS) is 18.7. The monoisotopic (exact) mass is 738 g/mol. The van der Waals surface area contributed by atoms with Crippen molar-refractivity contribution in [3.63, 3.8) is 0 Å². The molecule has 4 rings (SSSR count). The van der Waals surface area contributed by atoms with E-state index in [4.69, 9.17) is 16.3 Å². The van der Waals surface area contributed by atoms with Crippen molar-refractivity contribution in [2.24, 2.45) is 17.8 Å². The molecular formula is C42H63ClN4O5. The molecular weight excluding hydrogens is 676 g/mol. The molecule has 1 saturated heterocycles. The van der Waals surface area contributed by atoms with E-state index in [-0.39, 0.29) is 53.1 Å². The number of ether oxygens (including phenoxy) is 1. The highest BCUT2D eigenvalue weighted by Crippen LogP contribution is 2.32. The van der Waals surface area contributed by atoms with Crippen LogP contribution in [0.1, 0.15) is 91.8 Å². The third-order valence-corrected chi connectivity index (χ3v) is 10.9. The van der Waals surface area contributed by atoms with E-state index in [2.05, 4.69) is 49.2 Å². The zero-order valence-electron chi connectivity index (χ0n) is 33.0. The highest BCUT2D eigenvalue weighted by atomic mass is 35.5. The summed E-state index contributed by atoms with van der Waals surface area (Å²) in [5.74, 6) is 0.0741. The zero-order chi connectivity index (χ0) is 38.6. The molecule has 2 aromatic carbocycles. The molecule has 3 amide bonds. The Kier molecular flexibility index (Phi) is 16.6. The van der Waals surface area contributed by atoms with Gasteiger partial charge in [-0.3, -0.25) is 24.1 Å². The number of carbonyl (C=O) groups is 4. The molecule has 4 atom stereocenters. The molecule has 2 aromatic rings. The van der Waals surface area contributed by atoms with Crippen molar-refractivity contribution in [1.29, 1.82) is 0 Å². The van der Waals surface area contributed by atoms with Gasteiger partial charge in [0.05, 0.1) is 6.04 Å². The molecule has 1 aliphatic carbocycles. The van der Waals surface area contributed by atoms with Crippen LogP contribution in [-0.4, -0.2) is 95.3 Å². The first-order valence-electron chi connectivity index (χ1n) is 19.3. The van der Waals surface area contributed by atoms with Crippen LogP contribution in [0.3, 0.4) is 0 Å². The largest absolute Gasteiger partial charge is 0.460 e. The lowest BCUT2D eigenvalue weighted by Gasteiger charge is -2.42. The fraction of sp³-hybridized carbons (Fsp3) is 0.619. The average Bonchev–Trinajstić information content (AvgIpc) is 3.11. The van der Waals surface area contributed by atoms with Crippen LogP contribution in [0.25, 0.3) is 0 Å². The van der Waals surface area contributed by atoms with Gasteiger partial charge in [-0.05, 0) is 87.6 Å². The molecule has 1 aliphatic heterocycles. The molecule has 1 fully saturated rings. The second-order valence-electron chi connectivity index (χ2n) is 15.1. The summed E-state index contributed by atoms with van der Waals surface area (Å²) in [7, 11) is 0. The highest BCUT2D eigenvalue weighted by Gasteiger charge is 2.38. The van der Waals surface area contributed by atoms with E-state index in [1.807, 2.05) is 74.8 Å². The number of likely N-dealkylation sites (N-methyl/N-ethyl adjacent to an activating group) is 1. The first-order valence-corrected chi connectivity index (χ1v) is 19.6. The second kappa shape index (κ2) is 20.1. The summed E-state index contributed by atoms with van der Waals surface area (Å²) >= 11 is 6.14. The van der Waals surface area contributed by atoms with E-state index < -0.39 is 6.04 Å². The Morgan fingerprint density at radius 3 is 1.96 bits per heavy atom. The third-order valence-electron chi connectivity index (χ3n) is 10.7. The minimum absolute atomic E-state index is 0.0445. The molecule has 0 bridgehead atoms. The lowest BCUT2D eigenvalue weighted by Crippen LogP contribution is -2.60. The second-order valence-corrected chi connectivity index (χ2v) is 15.5. The first kappa shape index (κ1) is 43.0. The van der Waals surface area contributed by atoms with Crippen LogP contribution in [0.2, 0.25) is 5.02 Å². The summed E-state index contributed by atoms with van der Waals surface area (Å²) < 4.78 is 4.95. The van der Waals surface area contributed by atoms with Gasteiger partial charge in [-0.1, -0.05) is 82.1 Å². The fourth-order valence-electron chi connectivity index (χ4n) is 7.34. The number of fused-ring (bicyclic) bond motifs is 1. The number of nitrogens with one attached hydrogen (secondary N) is 1. The van der Waals surface area contributed by atoms with E-state index in [0.717, 1.165) is 24.8 Å². The van der Waals surface area contributed by atoms with Gasteiger partial charge in [0, 0.05) is 63.6 Å². The van der Waals surface area contributed by atoms with Crippen LogP contribution in [0.15, 0.2) is 48.5 Å². The number of nitrogens with zero attached hydrogens (tertiary/aromatic N) is 3. The maximum atomic E-state index is 14.1. The molecule has 0 spiro atoms. The minimum Gasteiger partial charge on any atom is -0.460 e. The van der Waals surface area contributed by atoms with Gasteiger partial charge in [-0.25, -0.2) is 0 Å². The SMILES string of the molecule is CCC(C)(C)OC(C)=O.CCC1Cc2ccccc2CC1C(=O)NC(Cc1ccc(Cl)cc1)C(=O)N1CCN(C(C(=O)N(CC)CC)C(C)C)CC1. The summed E-state index contributed by atoms with van der Waals surface area (Å²) in [6.45, 7) is 21.2. The Morgan fingerprint density at radius 2 is 1.48 bits per heavy atom. The third kappa shape index (κ3) is 12.1. The van der Waals surface area contributed by atoms with Crippen LogP contribution in [0.5, 0.6) is 0 Å². The van der Waals surface area contributed by atoms with Crippen LogP contribution >= 0.6 is 11.6 Å². The van der Waals surface area contributed by atoms with E-state index in [0.29, 0.717) is 57.1 Å². The molecule has 0 saturated carbocycles. The van der Waals surface area contributed by atoms with Gasteiger partial charge in [0.15, 0.2) is 0 Å². The summed E-state index contributed by atoms with van der Waals surface area (Å²) in [5, 5.41) is 3.84. The van der Waals surface area contributed by atoms with Gasteiger partial charge in [-0.2, -0.15) is 0 Å². The van der Waals surface area contributed by atoms with Crippen molar-refractivity contribution in [2.75, 3.05) is 39.3 Å². The van der Waals surface area contributed by atoms with E-state index in [1.54, 1.807) is 0 Å². The Hall–Kier alpha value is -3.43. The van der Waals surface area contributed by atoms with Crippen LogP contribution in [0.4, 0.5) is 0 Å². The summed E-state index contributed by atoms with van der Waals surface area (Å²) in [6.07, 6.45) is 3.74. The first-order chi connectivity index (χ1) is 24.6. The maximum Gasteiger partial charge on any atom is 0.303 e. The number of amides is 3. The zero-order valence-corrected chi connectivity index (χ0v) is 33.8. The lowest BCUT2D eigenvalue weighted by atomic mass is 9.74. The number of benzene rings is 2. The Balaban J connectivity index is 0.000000715. The molecule has 1 heterocycles. The number of hydrogen-bond acceptors (Lipinski definition) is 6. The van der Waals surface area contributed by atoms with E-state index >= 15 is 0 Å². The smallest absolute Gasteiger partial charge is 0.303 e. The van der Waals surface area contributed by atoms with Gasteiger partial charge < -0.3 is 19.9 Å². The Labute approximate surface area is 317 Å². The molecule has 4 unspecified atom stereocenters. The average molecular weight is 739 g/mol. The summed E-state index contributed by atoms with van der Waals surface area (Å²) in [5.41, 5.74) is 3.21. The summed E-state index contributed by atoms with van der Waals surface area (Å²) in [6, 6.07) is 15.0. The van der Waals surface area contributed by atoms with Crippen molar-refractivity contribution in [3.8, 4) is 0 Å². The number of carbonyl (C=O) groups excluding carboxylic acids is 4. The van der Waals surface area contributed by atoms with Crippen LogP contribution in [-0.2, 0) is 43.2 Å². The van der Waals surface area contributed by atoms with E-state index in [9.17, 15) is 19.2 Å². The molecule has 1 N–H and O–H groups in total. The van der Waals surface area contributed by atoms with E-state index in [1.165, 1.54) is 18.1 Å². The van der Waals surface area contributed by atoms with Gasteiger partial charge in [-0.15, -0.1) is 0 Å². The lowest BCUT2D eigenvalue weighted by molar-refractivity contribution is -0.153. The van der Waals surface area contributed by atoms with Crippen molar-refractivity contribution in [1.82, 2.24) is 20.0 Å². The van der Waals surface area contributed by atoms with Gasteiger partial charge in [0.1, 0.15) is 11.6 Å². The number of rotatable bonds is 13.